The first-order chi connectivity index (χ1) is 10.1. The quantitative estimate of drug-likeness (QED) is 0.872. The molecule has 0 unspecified atom stereocenters. The summed E-state index contributed by atoms with van der Waals surface area (Å²) in [6, 6.07) is 7.27. The molecule has 21 heavy (non-hydrogen) atoms. The molecule has 1 aliphatic heterocycles. The second-order valence-corrected chi connectivity index (χ2v) is 5.29. The summed E-state index contributed by atoms with van der Waals surface area (Å²) >= 11 is 0. The molecule has 1 N–H and O–H groups in total. The van der Waals surface area contributed by atoms with Crippen molar-refractivity contribution in [2.75, 3.05) is 19.8 Å². The molecule has 0 radical (unpaired) electrons. The van der Waals surface area contributed by atoms with Gasteiger partial charge in [-0.1, -0.05) is 12.1 Å². The molecule has 1 heterocycles. The third kappa shape index (κ3) is 4.17. The summed E-state index contributed by atoms with van der Waals surface area (Å²) in [6.45, 7) is 2.49. The Morgan fingerprint density at radius 1 is 1.43 bits per heavy atom. The molecule has 1 saturated heterocycles. The van der Waals surface area contributed by atoms with Gasteiger partial charge in [-0.2, -0.15) is 0 Å². The van der Waals surface area contributed by atoms with Crippen molar-refractivity contribution in [2.24, 2.45) is 0 Å². The number of ether oxygens (including phenoxy) is 1. The van der Waals surface area contributed by atoms with Crippen LogP contribution >= 0.6 is 0 Å². The van der Waals surface area contributed by atoms with Crippen molar-refractivity contribution >= 4 is 5.91 Å². The number of aryl methyl sites for hydroxylation is 1. The number of likely N-dealkylation sites (tertiary alicyclic amines) is 1. The van der Waals surface area contributed by atoms with E-state index >= 15 is 0 Å². The summed E-state index contributed by atoms with van der Waals surface area (Å²) in [4.78, 5) is 13.6. The fourth-order valence-electron chi connectivity index (χ4n) is 2.65. The predicted octanol–water partition coefficient (Wildman–Crippen LogP) is 1.95. The van der Waals surface area contributed by atoms with Gasteiger partial charge in [-0.15, -0.1) is 0 Å². The van der Waals surface area contributed by atoms with Crippen LogP contribution in [0.25, 0.3) is 0 Å². The fourth-order valence-corrected chi connectivity index (χ4v) is 2.65. The van der Waals surface area contributed by atoms with Crippen molar-refractivity contribution in [2.45, 2.75) is 38.4 Å². The normalized spacial score (nSPS) is 21.6. The lowest BCUT2D eigenvalue weighted by atomic mass is 10.1. The number of hydrogen-bond acceptors (Lipinski definition) is 3. The predicted molar refractivity (Wildman–Crippen MR) is 78.0 cm³/mol. The van der Waals surface area contributed by atoms with Gasteiger partial charge in [0.15, 0.2) is 0 Å². The lowest BCUT2D eigenvalue weighted by Gasteiger charge is -2.22. The molecule has 116 valence electrons. The van der Waals surface area contributed by atoms with Crippen molar-refractivity contribution in [1.29, 1.82) is 0 Å². The van der Waals surface area contributed by atoms with Gasteiger partial charge < -0.3 is 14.7 Å². The molecule has 0 spiro atoms. The molecule has 5 heteroatoms. The molecule has 2 atom stereocenters. The highest BCUT2D eigenvalue weighted by molar-refractivity contribution is 5.77. The molecule has 1 aromatic carbocycles. The third-order valence-corrected chi connectivity index (χ3v) is 3.76. The van der Waals surface area contributed by atoms with Crippen LogP contribution in [0.3, 0.4) is 0 Å². The highest BCUT2D eigenvalue weighted by atomic mass is 19.1. The molecular formula is C16H22FNO3. The van der Waals surface area contributed by atoms with Gasteiger partial charge in [-0.05, 0) is 31.0 Å². The number of carbonyl (C=O) groups is 1. The monoisotopic (exact) mass is 295 g/mol. The summed E-state index contributed by atoms with van der Waals surface area (Å²) < 4.78 is 18.7. The van der Waals surface area contributed by atoms with Crippen LogP contribution in [0.15, 0.2) is 24.3 Å². The van der Waals surface area contributed by atoms with Crippen LogP contribution in [0.1, 0.15) is 25.3 Å². The van der Waals surface area contributed by atoms with E-state index in [1.807, 2.05) is 31.2 Å². The minimum Gasteiger partial charge on any atom is -0.494 e. The van der Waals surface area contributed by atoms with Gasteiger partial charge in [0, 0.05) is 12.8 Å². The molecule has 4 nitrogen and oxygen atoms in total. The Balaban J connectivity index is 1.86. The Labute approximate surface area is 124 Å². The average molecular weight is 295 g/mol. The molecule has 0 saturated carbocycles. The summed E-state index contributed by atoms with van der Waals surface area (Å²) in [6.07, 6.45) is 0.163. The molecule has 2 rings (SSSR count). The van der Waals surface area contributed by atoms with Crippen molar-refractivity contribution in [3.8, 4) is 5.75 Å². The highest BCUT2D eigenvalue weighted by Crippen LogP contribution is 2.21. The zero-order valence-electron chi connectivity index (χ0n) is 12.3. The summed E-state index contributed by atoms with van der Waals surface area (Å²) in [5.74, 6) is 0.718. The number of amides is 1. The molecule has 1 aliphatic rings. The number of aliphatic hydroxyl groups excluding tert-OH is 1. The largest absolute Gasteiger partial charge is 0.494 e. The first kappa shape index (κ1) is 15.8. The SMILES string of the molecule is CCOc1ccc(CCC(=O)N2C[C@@H](F)C[C@H]2CO)cc1. The first-order valence-electron chi connectivity index (χ1n) is 7.40. The maximum Gasteiger partial charge on any atom is 0.223 e. The van der Waals surface area contributed by atoms with Crippen LogP contribution in [-0.4, -0.2) is 47.9 Å². The Bertz CT molecular complexity index is 463. The van der Waals surface area contributed by atoms with Crippen molar-refractivity contribution in [3.05, 3.63) is 29.8 Å². The van der Waals surface area contributed by atoms with Gasteiger partial charge in [0.1, 0.15) is 11.9 Å². The molecule has 1 aromatic rings. The van der Waals surface area contributed by atoms with Gasteiger partial charge in [-0.25, -0.2) is 4.39 Å². The molecule has 0 aromatic heterocycles. The minimum absolute atomic E-state index is 0.0944. The van der Waals surface area contributed by atoms with E-state index in [4.69, 9.17) is 4.74 Å². The first-order valence-corrected chi connectivity index (χ1v) is 7.40. The summed E-state index contributed by atoms with van der Waals surface area (Å²) in [7, 11) is 0. The Morgan fingerprint density at radius 2 is 2.14 bits per heavy atom. The standard InChI is InChI=1S/C16H22FNO3/c1-2-21-15-6-3-12(4-7-15)5-8-16(20)18-10-13(17)9-14(18)11-19/h3-4,6-7,13-14,19H,2,5,8-11H2,1H3/t13-,14-/m0/s1. The van der Waals surface area contributed by atoms with Crippen LogP contribution in [0.2, 0.25) is 0 Å². The fraction of sp³-hybridized carbons (Fsp3) is 0.562. The van der Waals surface area contributed by atoms with Crippen LogP contribution in [-0.2, 0) is 11.2 Å². The topological polar surface area (TPSA) is 49.8 Å². The number of halogens is 1. The van der Waals surface area contributed by atoms with Crippen LogP contribution in [0.4, 0.5) is 4.39 Å². The maximum absolute atomic E-state index is 13.3. The zero-order valence-corrected chi connectivity index (χ0v) is 12.3. The summed E-state index contributed by atoms with van der Waals surface area (Å²) in [5.41, 5.74) is 1.04. The van der Waals surface area contributed by atoms with Crippen LogP contribution in [0, 0.1) is 0 Å². The second-order valence-electron chi connectivity index (χ2n) is 5.29. The lowest BCUT2D eigenvalue weighted by molar-refractivity contribution is -0.132. The smallest absolute Gasteiger partial charge is 0.223 e. The number of aliphatic hydroxyl groups is 1. The number of hydrogen-bond donors (Lipinski definition) is 1. The van der Waals surface area contributed by atoms with Crippen LogP contribution < -0.4 is 4.74 Å². The van der Waals surface area contributed by atoms with Gasteiger partial charge in [0.05, 0.1) is 25.8 Å². The maximum atomic E-state index is 13.3. The van der Waals surface area contributed by atoms with Gasteiger partial charge in [0.2, 0.25) is 5.91 Å². The lowest BCUT2D eigenvalue weighted by Crippen LogP contribution is -2.37. The van der Waals surface area contributed by atoms with Gasteiger partial charge >= 0.3 is 0 Å². The molecule has 0 aliphatic carbocycles. The molecular weight excluding hydrogens is 273 g/mol. The average Bonchev–Trinajstić information content (AvgIpc) is 2.88. The summed E-state index contributed by atoms with van der Waals surface area (Å²) in [5, 5.41) is 9.19. The number of nitrogens with zero attached hydrogens (tertiary/aromatic N) is 1. The Hall–Kier alpha value is -1.62. The zero-order chi connectivity index (χ0) is 15.2. The van der Waals surface area contributed by atoms with Crippen LogP contribution in [0.5, 0.6) is 5.75 Å². The molecule has 1 fully saturated rings. The minimum atomic E-state index is -1.02. The van der Waals surface area contributed by atoms with E-state index in [-0.39, 0.29) is 31.5 Å². The number of benzene rings is 1. The second kappa shape index (κ2) is 7.41. The molecule has 1 amide bonds. The Morgan fingerprint density at radius 3 is 2.76 bits per heavy atom. The van der Waals surface area contributed by atoms with Gasteiger partial charge in [0.25, 0.3) is 0 Å². The van der Waals surface area contributed by atoms with E-state index in [0.29, 0.717) is 19.4 Å². The molecule has 0 bridgehead atoms. The van der Waals surface area contributed by atoms with Gasteiger partial charge in [-0.3, -0.25) is 4.79 Å². The van der Waals surface area contributed by atoms with Crippen molar-refractivity contribution in [3.63, 3.8) is 0 Å². The Kier molecular flexibility index (Phi) is 5.56. The van der Waals surface area contributed by atoms with E-state index in [1.54, 1.807) is 0 Å². The van der Waals surface area contributed by atoms with E-state index in [2.05, 4.69) is 0 Å². The highest BCUT2D eigenvalue weighted by Gasteiger charge is 2.34. The van der Waals surface area contributed by atoms with E-state index in [9.17, 15) is 14.3 Å². The van der Waals surface area contributed by atoms with E-state index in [1.165, 1.54) is 4.90 Å². The van der Waals surface area contributed by atoms with Crippen molar-refractivity contribution in [1.82, 2.24) is 4.90 Å². The third-order valence-electron chi connectivity index (χ3n) is 3.76. The number of carbonyl (C=O) groups excluding carboxylic acids is 1. The van der Waals surface area contributed by atoms with E-state index in [0.717, 1.165) is 11.3 Å². The van der Waals surface area contributed by atoms with Crippen molar-refractivity contribution < 1.29 is 19.0 Å². The number of rotatable bonds is 6. The number of alkyl halides is 1. The van der Waals surface area contributed by atoms with E-state index < -0.39 is 6.17 Å².